The molecule has 0 aliphatic carbocycles. The van der Waals surface area contributed by atoms with E-state index in [0.29, 0.717) is 26.4 Å². The van der Waals surface area contributed by atoms with Gasteiger partial charge in [-0.05, 0) is 41.0 Å². The van der Waals surface area contributed by atoms with E-state index in [1.165, 1.54) is 0 Å². The Morgan fingerprint density at radius 2 is 1.32 bits per heavy atom. The van der Waals surface area contributed by atoms with Gasteiger partial charge in [-0.15, -0.1) is 0 Å². The Morgan fingerprint density at radius 1 is 0.750 bits per heavy atom. The van der Waals surface area contributed by atoms with Crippen molar-refractivity contribution in [3.8, 4) is 22.6 Å². The molecule has 0 atom stereocenters. The standard InChI is InChI=1S/C24H24O4/c25-15-24(16-26-17-24)18-28-23-12-8-21(9-13-23)20-6-10-22(11-7-20)27-14-19-4-2-1-3-5-19/h1-13,25H,14-18H2. The minimum absolute atomic E-state index is 0.0871. The van der Waals surface area contributed by atoms with E-state index < -0.39 is 0 Å². The highest BCUT2D eigenvalue weighted by Gasteiger charge is 2.39. The molecule has 3 aromatic rings. The minimum atomic E-state index is -0.242. The number of ether oxygens (including phenoxy) is 3. The van der Waals surface area contributed by atoms with Gasteiger partial charge in [0.25, 0.3) is 0 Å². The molecule has 4 nitrogen and oxygen atoms in total. The van der Waals surface area contributed by atoms with Crippen LogP contribution in [-0.4, -0.2) is 31.5 Å². The quantitative estimate of drug-likeness (QED) is 0.636. The average Bonchev–Trinajstić information content (AvgIpc) is 2.73. The monoisotopic (exact) mass is 376 g/mol. The molecule has 4 rings (SSSR count). The van der Waals surface area contributed by atoms with E-state index in [0.717, 1.165) is 28.2 Å². The van der Waals surface area contributed by atoms with E-state index in [4.69, 9.17) is 14.2 Å². The summed E-state index contributed by atoms with van der Waals surface area (Å²) in [7, 11) is 0. The fraction of sp³-hybridized carbons (Fsp3) is 0.250. The zero-order chi connectivity index (χ0) is 19.2. The van der Waals surface area contributed by atoms with Crippen LogP contribution in [0.3, 0.4) is 0 Å². The summed E-state index contributed by atoms with van der Waals surface area (Å²) < 4.78 is 16.9. The van der Waals surface area contributed by atoms with Crippen LogP contribution >= 0.6 is 0 Å². The van der Waals surface area contributed by atoms with E-state index in [1.54, 1.807) is 0 Å². The normalized spacial score (nSPS) is 14.9. The second kappa shape index (κ2) is 8.46. The van der Waals surface area contributed by atoms with Crippen molar-refractivity contribution in [3.63, 3.8) is 0 Å². The molecule has 28 heavy (non-hydrogen) atoms. The molecular formula is C24H24O4. The van der Waals surface area contributed by atoms with Crippen molar-refractivity contribution in [2.75, 3.05) is 26.4 Å². The summed E-state index contributed by atoms with van der Waals surface area (Å²) in [5, 5.41) is 9.46. The molecule has 0 saturated carbocycles. The lowest BCUT2D eigenvalue weighted by molar-refractivity contribution is -0.153. The number of hydrogen-bond donors (Lipinski definition) is 1. The lowest BCUT2D eigenvalue weighted by atomic mass is 9.88. The first-order valence-corrected chi connectivity index (χ1v) is 9.45. The molecular weight excluding hydrogens is 352 g/mol. The summed E-state index contributed by atoms with van der Waals surface area (Å²) in [5.74, 6) is 1.65. The average molecular weight is 376 g/mol. The molecule has 3 aromatic carbocycles. The van der Waals surface area contributed by atoms with Crippen molar-refractivity contribution in [2.45, 2.75) is 6.61 Å². The largest absolute Gasteiger partial charge is 0.493 e. The van der Waals surface area contributed by atoms with Crippen molar-refractivity contribution in [3.05, 3.63) is 84.4 Å². The van der Waals surface area contributed by atoms with Crippen LogP contribution in [0.25, 0.3) is 11.1 Å². The SMILES string of the molecule is OCC1(COc2ccc(-c3ccc(OCc4ccccc4)cc3)cc2)COC1. The van der Waals surface area contributed by atoms with Gasteiger partial charge in [-0.25, -0.2) is 0 Å². The highest BCUT2D eigenvalue weighted by atomic mass is 16.5. The van der Waals surface area contributed by atoms with Gasteiger partial charge in [-0.2, -0.15) is 0 Å². The van der Waals surface area contributed by atoms with Gasteiger partial charge in [0.2, 0.25) is 0 Å². The zero-order valence-corrected chi connectivity index (χ0v) is 15.7. The second-order valence-electron chi connectivity index (χ2n) is 7.26. The number of hydrogen-bond acceptors (Lipinski definition) is 4. The van der Waals surface area contributed by atoms with Crippen molar-refractivity contribution in [1.29, 1.82) is 0 Å². The Morgan fingerprint density at radius 3 is 1.82 bits per heavy atom. The van der Waals surface area contributed by atoms with Crippen LogP contribution in [0, 0.1) is 5.41 Å². The fourth-order valence-corrected chi connectivity index (χ4v) is 3.08. The van der Waals surface area contributed by atoms with Crippen LogP contribution < -0.4 is 9.47 Å². The first kappa shape index (κ1) is 18.5. The molecule has 1 N–H and O–H groups in total. The summed E-state index contributed by atoms with van der Waals surface area (Å²) in [4.78, 5) is 0. The van der Waals surface area contributed by atoms with Crippen LogP contribution in [0.15, 0.2) is 78.9 Å². The Bertz CT molecular complexity index is 863. The summed E-state index contributed by atoms with van der Waals surface area (Å²) in [5.41, 5.74) is 3.15. The lowest BCUT2D eigenvalue weighted by Crippen LogP contribution is -2.49. The summed E-state index contributed by atoms with van der Waals surface area (Å²) in [6.07, 6.45) is 0. The van der Waals surface area contributed by atoms with Crippen molar-refractivity contribution in [2.24, 2.45) is 5.41 Å². The molecule has 0 aromatic heterocycles. The van der Waals surface area contributed by atoms with Gasteiger partial charge in [0, 0.05) is 0 Å². The molecule has 1 heterocycles. The Balaban J connectivity index is 1.33. The van der Waals surface area contributed by atoms with Gasteiger partial charge >= 0.3 is 0 Å². The van der Waals surface area contributed by atoms with Crippen LogP contribution in [0.4, 0.5) is 0 Å². The highest BCUT2D eigenvalue weighted by molar-refractivity contribution is 5.64. The molecule has 0 radical (unpaired) electrons. The molecule has 1 saturated heterocycles. The van der Waals surface area contributed by atoms with Gasteiger partial charge in [-0.3, -0.25) is 0 Å². The predicted octanol–water partition coefficient (Wildman–Crippen LogP) is 4.32. The number of rotatable bonds is 8. The van der Waals surface area contributed by atoms with Crippen LogP contribution in [-0.2, 0) is 11.3 Å². The van der Waals surface area contributed by atoms with Crippen molar-refractivity contribution < 1.29 is 19.3 Å². The van der Waals surface area contributed by atoms with Crippen molar-refractivity contribution >= 4 is 0 Å². The van der Waals surface area contributed by atoms with E-state index in [-0.39, 0.29) is 12.0 Å². The van der Waals surface area contributed by atoms with Gasteiger partial charge in [-0.1, -0.05) is 54.6 Å². The molecule has 1 aliphatic rings. The van der Waals surface area contributed by atoms with Crippen LogP contribution in [0.5, 0.6) is 11.5 Å². The minimum Gasteiger partial charge on any atom is -0.493 e. The first-order valence-electron chi connectivity index (χ1n) is 9.45. The molecule has 1 fully saturated rings. The summed E-state index contributed by atoms with van der Waals surface area (Å²) in [6.45, 7) is 2.23. The molecule has 1 aliphatic heterocycles. The molecule has 0 amide bonds. The predicted molar refractivity (Wildman–Crippen MR) is 108 cm³/mol. The summed E-state index contributed by atoms with van der Waals surface area (Å²) in [6, 6.07) is 26.2. The second-order valence-corrected chi connectivity index (χ2v) is 7.26. The van der Waals surface area contributed by atoms with Gasteiger partial charge in [0.05, 0.1) is 25.2 Å². The van der Waals surface area contributed by atoms with Gasteiger partial charge in [0.1, 0.15) is 24.7 Å². The van der Waals surface area contributed by atoms with Crippen molar-refractivity contribution in [1.82, 2.24) is 0 Å². The van der Waals surface area contributed by atoms with Crippen LogP contribution in [0.1, 0.15) is 5.56 Å². The van der Waals surface area contributed by atoms with Gasteiger partial charge in [0.15, 0.2) is 0 Å². The van der Waals surface area contributed by atoms with E-state index in [2.05, 4.69) is 24.3 Å². The van der Waals surface area contributed by atoms with E-state index in [9.17, 15) is 5.11 Å². The first-order chi connectivity index (χ1) is 13.8. The third kappa shape index (κ3) is 4.35. The van der Waals surface area contributed by atoms with Gasteiger partial charge < -0.3 is 19.3 Å². The number of aliphatic hydroxyl groups excluding tert-OH is 1. The third-order valence-corrected chi connectivity index (χ3v) is 4.99. The number of aliphatic hydroxyl groups is 1. The molecule has 0 spiro atoms. The maximum atomic E-state index is 9.46. The maximum Gasteiger partial charge on any atom is 0.119 e. The molecule has 0 unspecified atom stereocenters. The Kier molecular flexibility index (Phi) is 5.60. The smallest absolute Gasteiger partial charge is 0.119 e. The van der Waals surface area contributed by atoms with Crippen LogP contribution in [0.2, 0.25) is 0 Å². The number of benzene rings is 3. The zero-order valence-electron chi connectivity index (χ0n) is 15.7. The molecule has 0 bridgehead atoms. The van der Waals surface area contributed by atoms with E-state index in [1.807, 2.05) is 54.6 Å². The Labute approximate surface area is 165 Å². The third-order valence-electron chi connectivity index (χ3n) is 4.99. The topological polar surface area (TPSA) is 47.9 Å². The lowest BCUT2D eigenvalue weighted by Gasteiger charge is -2.39. The maximum absolute atomic E-state index is 9.46. The highest BCUT2D eigenvalue weighted by Crippen LogP contribution is 2.29. The Hall–Kier alpha value is -2.82. The molecule has 4 heteroatoms. The fourth-order valence-electron chi connectivity index (χ4n) is 3.08. The summed E-state index contributed by atoms with van der Waals surface area (Å²) >= 11 is 0. The van der Waals surface area contributed by atoms with E-state index >= 15 is 0 Å². The molecule has 144 valence electrons.